The summed E-state index contributed by atoms with van der Waals surface area (Å²) in [6.07, 6.45) is 2.83. The molecule has 4 heterocycles. The van der Waals surface area contributed by atoms with Gasteiger partial charge in [-0.25, -0.2) is 4.98 Å². The van der Waals surface area contributed by atoms with Crippen molar-refractivity contribution in [3.63, 3.8) is 0 Å². The van der Waals surface area contributed by atoms with Crippen LogP contribution in [-0.2, 0) is 0 Å². The highest BCUT2D eigenvalue weighted by Crippen LogP contribution is 2.27. The third-order valence-electron chi connectivity index (χ3n) is 4.02. The van der Waals surface area contributed by atoms with E-state index in [4.69, 9.17) is 4.42 Å². The average molecular weight is 343 g/mol. The van der Waals surface area contributed by atoms with Crippen LogP contribution in [0, 0.1) is 10.4 Å². The fourth-order valence-corrected chi connectivity index (χ4v) is 2.78. The minimum absolute atomic E-state index is 0.396. The second kappa shape index (κ2) is 6.36. The highest BCUT2D eigenvalue weighted by atomic mass is 16.5. The third-order valence-corrected chi connectivity index (χ3v) is 4.02. The van der Waals surface area contributed by atoms with Crippen LogP contribution in [0.4, 0.5) is 0 Å². The molecule has 0 radical (unpaired) electrons. The molecule has 0 atom stereocenters. The fraction of sp³-hybridized carbons (Fsp3) is 0. The summed E-state index contributed by atoms with van der Waals surface area (Å²) in [6, 6.07) is 17.5. The maximum Gasteiger partial charge on any atom is 0.242 e. The molecule has 0 unspecified atom stereocenters. The molecule has 26 heavy (non-hydrogen) atoms. The molecule has 4 aromatic rings. The molecule has 0 aliphatic carbocycles. The predicted molar refractivity (Wildman–Crippen MR) is 98.9 cm³/mol. The zero-order valence-corrected chi connectivity index (χ0v) is 14.0. The van der Waals surface area contributed by atoms with Gasteiger partial charge in [0.25, 0.3) is 0 Å². The maximum absolute atomic E-state index is 12.2. The maximum atomic E-state index is 12.2. The van der Waals surface area contributed by atoms with E-state index in [1.165, 1.54) is 12.4 Å². The fourth-order valence-electron chi connectivity index (χ4n) is 2.78. The number of rotatable bonds is 3. The van der Waals surface area contributed by atoms with Crippen LogP contribution in [0.3, 0.4) is 0 Å². The summed E-state index contributed by atoms with van der Waals surface area (Å²) in [4.78, 5) is 4.54. The quantitative estimate of drug-likeness (QED) is 0.318. The van der Waals surface area contributed by atoms with Gasteiger partial charge in [0.2, 0.25) is 11.4 Å². The average Bonchev–Trinajstić information content (AvgIpc) is 3.09. The summed E-state index contributed by atoms with van der Waals surface area (Å²) in [5.41, 5.74) is 3.24. The van der Waals surface area contributed by atoms with E-state index < -0.39 is 0 Å². The SMILES string of the molecule is Bc1ccc(-c2cc(-c3cccc[n+]3[O-])nc(-c3cccc[n+]3[O-])c2)o1. The molecule has 126 valence electrons. The molecular weight excluding hydrogens is 329 g/mol. The molecule has 0 bridgehead atoms. The van der Waals surface area contributed by atoms with E-state index in [2.05, 4.69) is 4.98 Å². The van der Waals surface area contributed by atoms with Crippen molar-refractivity contribution in [2.24, 2.45) is 0 Å². The lowest BCUT2D eigenvalue weighted by Crippen LogP contribution is -2.29. The number of pyridine rings is 3. The first-order valence-corrected chi connectivity index (χ1v) is 8.08. The van der Waals surface area contributed by atoms with Crippen molar-refractivity contribution in [3.8, 4) is 34.1 Å². The Hall–Kier alpha value is -3.61. The Morgan fingerprint density at radius 2 is 1.38 bits per heavy atom. The predicted octanol–water partition coefficient (Wildman–Crippen LogP) is 1.20. The van der Waals surface area contributed by atoms with Crippen LogP contribution >= 0.6 is 0 Å². The van der Waals surface area contributed by atoms with Gasteiger partial charge in [-0.15, -0.1) is 0 Å². The van der Waals surface area contributed by atoms with Gasteiger partial charge in [0.1, 0.15) is 17.1 Å². The first kappa shape index (κ1) is 15.9. The molecule has 0 aromatic carbocycles. The largest absolute Gasteiger partial charge is 0.618 e. The second-order valence-electron chi connectivity index (χ2n) is 5.86. The zero-order chi connectivity index (χ0) is 18.1. The van der Waals surface area contributed by atoms with Crippen molar-refractivity contribution >= 4 is 13.5 Å². The van der Waals surface area contributed by atoms with Gasteiger partial charge in [0.15, 0.2) is 20.2 Å². The lowest BCUT2D eigenvalue weighted by Gasteiger charge is -2.09. The lowest BCUT2D eigenvalue weighted by atomic mass is 10.1. The van der Waals surface area contributed by atoms with Crippen LogP contribution in [-0.4, -0.2) is 12.8 Å². The Morgan fingerprint density at radius 3 is 1.85 bits per heavy atom. The second-order valence-corrected chi connectivity index (χ2v) is 5.86. The van der Waals surface area contributed by atoms with Crippen LogP contribution in [0.25, 0.3) is 34.1 Å². The van der Waals surface area contributed by atoms with E-state index >= 15 is 0 Å². The zero-order valence-electron chi connectivity index (χ0n) is 14.0. The number of furan rings is 1. The summed E-state index contributed by atoms with van der Waals surface area (Å²) in [5.74, 6) is 0.647. The van der Waals surface area contributed by atoms with Gasteiger partial charge in [0.05, 0.1) is 5.66 Å². The van der Waals surface area contributed by atoms with Crippen LogP contribution in [0.15, 0.2) is 77.5 Å². The van der Waals surface area contributed by atoms with Gasteiger partial charge >= 0.3 is 0 Å². The number of hydrogen-bond donors (Lipinski definition) is 0. The number of aromatic nitrogens is 3. The van der Waals surface area contributed by atoms with Crippen LogP contribution in [0.1, 0.15) is 0 Å². The van der Waals surface area contributed by atoms with Gasteiger partial charge in [-0.05, 0) is 36.4 Å². The highest BCUT2D eigenvalue weighted by Gasteiger charge is 2.18. The van der Waals surface area contributed by atoms with E-state index in [-0.39, 0.29) is 0 Å². The molecule has 0 aliphatic rings. The molecule has 0 N–H and O–H groups in total. The van der Waals surface area contributed by atoms with E-state index in [0.717, 1.165) is 20.7 Å². The Balaban J connectivity index is 1.96. The number of hydrogen-bond acceptors (Lipinski definition) is 4. The van der Waals surface area contributed by atoms with E-state index in [0.29, 0.717) is 28.5 Å². The normalized spacial score (nSPS) is 10.8. The van der Waals surface area contributed by atoms with Gasteiger partial charge < -0.3 is 14.8 Å². The number of nitrogens with zero attached hydrogens (tertiary/aromatic N) is 3. The summed E-state index contributed by atoms with van der Waals surface area (Å²) in [7, 11) is 1.86. The molecular formula is C19H14BN3O3. The monoisotopic (exact) mass is 343 g/mol. The van der Waals surface area contributed by atoms with Gasteiger partial charge in [-0.1, -0.05) is 0 Å². The molecule has 0 fully saturated rings. The van der Waals surface area contributed by atoms with Crippen molar-refractivity contribution in [2.45, 2.75) is 0 Å². The van der Waals surface area contributed by atoms with Crippen molar-refractivity contribution in [3.05, 3.63) is 83.5 Å². The Kier molecular flexibility index (Phi) is 3.89. The Bertz CT molecular complexity index is 1030. The van der Waals surface area contributed by atoms with Gasteiger partial charge in [-0.3, -0.25) is 0 Å². The standard InChI is InChI=1S/C19H14BN3O3/c20-19-8-7-18(26-19)13-11-14(16-5-1-3-9-22(16)24)21-15(12-13)17-6-2-4-10-23(17)25/h1-12H,20H2. The van der Waals surface area contributed by atoms with Crippen LogP contribution in [0.2, 0.25) is 0 Å². The van der Waals surface area contributed by atoms with Crippen LogP contribution in [0.5, 0.6) is 0 Å². The Morgan fingerprint density at radius 1 is 0.808 bits per heavy atom. The van der Waals surface area contributed by atoms with Crippen molar-refractivity contribution in [2.75, 3.05) is 0 Å². The topological polar surface area (TPSA) is 79.9 Å². The molecule has 0 aliphatic heterocycles. The van der Waals surface area contributed by atoms with Crippen molar-refractivity contribution in [1.29, 1.82) is 0 Å². The van der Waals surface area contributed by atoms with E-state index in [9.17, 15) is 10.4 Å². The lowest BCUT2D eigenvalue weighted by molar-refractivity contribution is -0.594. The minimum atomic E-state index is 0.396. The molecule has 0 saturated heterocycles. The van der Waals surface area contributed by atoms with E-state index in [1.807, 2.05) is 20.0 Å². The molecule has 4 rings (SSSR count). The third kappa shape index (κ3) is 2.90. The summed E-state index contributed by atoms with van der Waals surface area (Å²) >= 11 is 0. The first-order chi connectivity index (χ1) is 12.6. The van der Waals surface area contributed by atoms with Crippen molar-refractivity contribution in [1.82, 2.24) is 4.98 Å². The van der Waals surface area contributed by atoms with Gasteiger partial charge in [-0.2, -0.15) is 9.46 Å². The van der Waals surface area contributed by atoms with Gasteiger partial charge in [0, 0.05) is 29.8 Å². The summed E-state index contributed by atoms with van der Waals surface area (Å²) < 4.78 is 7.21. The Labute approximate surface area is 150 Å². The summed E-state index contributed by atoms with van der Waals surface area (Å²) in [5, 5.41) is 24.3. The molecule has 6 nitrogen and oxygen atoms in total. The smallest absolute Gasteiger partial charge is 0.242 e. The molecule has 0 saturated carbocycles. The molecule has 0 amide bonds. The summed E-state index contributed by atoms with van der Waals surface area (Å²) in [6.45, 7) is 0. The molecule has 4 aromatic heterocycles. The highest BCUT2D eigenvalue weighted by molar-refractivity contribution is 6.29. The van der Waals surface area contributed by atoms with Crippen LogP contribution < -0.4 is 15.1 Å². The molecule has 7 heteroatoms. The van der Waals surface area contributed by atoms with E-state index in [1.54, 1.807) is 48.5 Å². The van der Waals surface area contributed by atoms with Crippen molar-refractivity contribution < 1.29 is 13.9 Å². The minimum Gasteiger partial charge on any atom is -0.618 e. The molecule has 0 spiro atoms. The first-order valence-electron chi connectivity index (χ1n) is 8.08.